The lowest BCUT2D eigenvalue weighted by molar-refractivity contribution is 0.00578. The van der Waals surface area contributed by atoms with Gasteiger partial charge in [0.2, 0.25) is 0 Å². The molecule has 0 amide bonds. The molecule has 0 bridgehead atoms. The van der Waals surface area contributed by atoms with Crippen LogP contribution < -0.4 is 15.5 Å². The maximum Gasteiger partial charge on any atom is 0.494 e. The number of ether oxygens (including phenoxy) is 2. The lowest BCUT2D eigenvalue weighted by Crippen LogP contribution is -2.41. The first-order valence-electron chi connectivity index (χ1n) is 9.71. The van der Waals surface area contributed by atoms with E-state index in [1.54, 1.807) is 7.11 Å². The third-order valence-electron chi connectivity index (χ3n) is 5.42. The molecule has 0 aliphatic carbocycles. The zero-order valence-corrected chi connectivity index (χ0v) is 17.5. The Kier molecular flexibility index (Phi) is 6.33. The Labute approximate surface area is 168 Å². The number of nitrogens with one attached hydrogen (secondary N) is 1. The molecule has 0 unspecified atom stereocenters. The SMILES string of the molecule is COc1ccc(COCCNc2cccc(B3OC(C)(C)C(C)(C)O3)c2)cc1. The van der Waals surface area contributed by atoms with E-state index in [0.29, 0.717) is 13.2 Å². The third kappa shape index (κ3) is 4.87. The van der Waals surface area contributed by atoms with Crippen LogP contribution in [0.5, 0.6) is 5.75 Å². The van der Waals surface area contributed by atoms with Crippen molar-refractivity contribution in [2.75, 3.05) is 25.6 Å². The molecule has 1 aliphatic heterocycles. The summed E-state index contributed by atoms with van der Waals surface area (Å²) in [4.78, 5) is 0. The first-order chi connectivity index (χ1) is 13.3. The molecular weight excluding hydrogens is 353 g/mol. The highest BCUT2D eigenvalue weighted by molar-refractivity contribution is 6.62. The van der Waals surface area contributed by atoms with Crippen molar-refractivity contribution >= 4 is 18.3 Å². The smallest absolute Gasteiger partial charge is 0.494 e. The Balaban J connectivity index is 1.46. The molecule has 1 N–H and O–H groups in total. The van der Waals surface area contributed by atoms with Crippen molar-refractivity contribution in [3.8, 4) is 5.75 Å². The summed E-state index contributed by atoms with van der Waals surface area (Å²) in [6.45, 7) is 10.2. The first-order valence-corrected chi connectivity index (χ1v) is 9.71. The lowest BCUT2D eigenvalue weighted by atomic mass is 9.79. The highest BCUT2D eigenvalue weighted by Crippen LogP contribution is 2.36. The topological polar surface area (TPSA) is 49.0 Å². The number of rotatable bonds is 8. The fourth-order valence-corrected chi connectivity index (χ4v) is 2.95. The van der Waals surface area contributed by atoms with E-state index in [1.165, 1.54) is 0 Å². The van der Waals surface area contributed by atoms with Gasteiger partial charge in [-0.1, -0.05) is 24.3 Å². The molecule has 6 heteroatoms. The van der Waals surface area contributed by atoms with Gasteiger partial charge >= 0.3 is 7.12 Å². The molecule has 0 spiro atoms. The van der Waals surface area contributed by atoms with Crippen LogP contribution in [0.1, 0.15) is 33.3 Å². The average Bonchev–Trinajstić information content (AvgIpc) is 2.90. The summed E-state index contributed by atoms with van der Waals surface area (Å²) in [6, 6.07) is 16.1. The summed E-state index contributed by atoms with van der Waals surface area (Å²) in [5, 5.41) is 3.40. The summed E-state index contributed by atoms with van der Waals surface area (Å²) in [5.41, 5.74) is 2.50. The van der Waals surface area contributed by atoms with Gasteiger partial charge in [0.25, 0.3) is 0 Å². The van der Waals surface area contributed by atoms with E-state index >= 15 is 0 Å². The standard InChI is InChI=1S/C22H30BNO4/c1-21(2)22(3,4)28-23(27-21)18-7-6-8-19(15-18)24-13-14-26-16-17-9-11-20(25-5)12-10-17/h6-12,15,24H,13-14,16H2,1-5H3. The molecule has 0 saturated carbocycles. The summed E-state index contributed by atoms with van der Waals surface area (Å²) in [7, 11) is 1.32. The molecule has 0 atom stereocenters. The molecule has 150 valence electrons. The fourth-order valence-electron chi connectivity index (χ4n) is 2.95. The van der Waals surface area contributed by atoms with Crippen LogP contribution in [0, 0.1) is 0 Å². The molecule has 5 nitrogen and oxygen atoms in total. The van der Waals surface area contributed by atoms with Crippen LogP contribution in [0.2, 0.25) is 0 Å². The zero-order valence-electron chi connectivity index (χ0n) is 17.5. The highest BCUT2D eigenvalue weighted by Gasteiger charge is 2.51. The number of methoxy groups -OCH3 is 1. The molecule has 1 fully saturated rings. The van der Waals surface area contributed by atoms with Gasteiger partial charge in [0, 0.05) is 12.2 Å². The predicted octanol–water partition coefficient (Wildman–Crippen LogP) is 3.62. The molecule has 1 aliphatic rings. The molecule has 1 heterocycles. The highest BCUT2D eigenvalue weighted by atomic mass is 16.7. The van der Waals surface area contributed by atoms with E-state index in [9.17, 15) is 0 Å². The van der Waals surface area contributed by atoms with Crippen molar-refractivity contribution in [2.45, 2.75) is 45.5 Å². The van der Waals surface area contributed by atoms with Crippen LogP contribution in [0.15, 0.2) is 48.5 Å². The Morgan fingerprint density at radius 1 is 0.964 bits per heavy atom. The Morgan fingerprint density at radius 2 is 1.64 bits per heavy atom. The van der Waals surface area contributed by atoms with Gasteiger partial charge in [-0.3, -0.25) is 0 Å². The largest absolute Gasteiger partial charge is 0.497 e. The molecule has 3 rings (SSSR count). The number of hydrogen-bond acceptors (Lipinski definition) is 5. The molecule has 28 heavy (non-hydrogen) atoms. The Bertz CT molecular complexity index is 760. The van der Waals surface area contributed by atoms with Gasteiger partial charge < -0.3 is 24.1 Å². The molecule has 0 radical (unpaired) electrons. The maximum atomic E-state index is 6.13. The van der Waals surface area contributed by atoms with Crippen molar-refractivity contribution in [1.82, 2.24) is 0 Å². The molecule has 0 aromatic heterocycles. The minimum Gasteiger partial charge on any atom is -0.497 e. The summed E-state index contributed by atoms with van der Waals surface area (Å²) in [5.74, 6) is 0.854. The third-order valence-corrected chi connectivity index (χ3v) is 5.42. The van der Waals surface area contributed by atoms with E-state index in [-0.39, 0.29) is 18.3 Å². The van der Waals surface area contributed by atoms with Gasteiger partial charge in [-0.2, -0.15) is 0 Å². The molecule has 2 aromatic rings. The molecular formula is C22H30BNO4. The van der Waals surface area contributed by atoms with Crippen LogP contribution in [-0.4, -0.2) is 38.6 Å². The van der Waals surface area contributed by atoms with E-state index in [0.717, 1.165) is 29.0 Å². The predicted molar refractivity (Wildman–Crippen MR) is 113 cm³/mol. The van der Waals surface area contributed by atoms with Gasteiger partial charge in [0.1, 0.15) is 5.75 Å². The monoisotopic (exact) mass is 383 g/mol. The van der Waals surface area contributed by atoms with E-state index < -0.39 is 0 Å². The second-order valence-electron chi connectivity index (χ2n) is 8.04. The zero-order chi connectivity index (χ0) is 20.2. The van der Waals surface area contributed by atoms with E-state index in [2.05, 4.69) is 39.1 Å². The van der Waals surface area contributed by atoms with Gasteiger partial charge in [0.15, 0.2) is 0 Å². The van der Waals surface area contributed by atoms with Crippen LogP contribution in [0.3, 0.4) is 0 Å². The van der Waals surface area contributed by atoms with Crippen molar-refractivity contribution < 1.29 is 18.8 Å². The van der Waals surface area contributed by atoms with Gasteiger partial charge in [-0.15, -0.1) is 0 Å². The minimum atomic E-state index is -0.349. The second-order valence-corrected chi connectivity index (χ2v) is 8.04. The number of hydrogen-bond donors (Lipinski definition) is 1. The van der Waals surface area contributed by atoms with Crippen molar-refractivity contribution in [2.24, 2.45) is 0 Å². The summed E-state index contributed by atoms with van der Waals surface area (Å²) < 4.78 is 23.2. The lowest BCUT2D eigenvalue weighted by Gasteiger charge is -2.32. The van der Waals surface area contributed by atoms with Gasteiger partial charge in [-0.25, -0.2) is 0 Å². The average molecular weight is 383 g/mol. The quantitative estimate of drug-likeness (QED) is 0.557. The van der Waals surface area contributed by atoms with Gasteiger partial charge in [-0.05, 0) is 63.0 Å². The Hall–Kier alpha value is -2.02. The van der Waals surface area contributed by atoms with Crippen molar-refractivity contribution in [3.63, 3.8) is 0 Å². The normalized spacial score (nSPS) is 17.5. The van der Waals surface area contributed by atoms with Crippen LogP contribution >= 0.6 is 0 Å². The minimum absolute atomic E-state index is 0.337. The first kappa shape index (κ1) is 20.7. The maximum absolute atomic E-state index is 6.13. The molecule has 2 aromatic carbocycles. The Morgan fingerprint density at radius 3 is 2.29 bits per heavy atom. The fraction of sp³-hybridized carbons (Fsp3) is 0.455. The number of anilines is 1. The summed E-state index contributed by atoms with van der Waals surface area (Å²) >= 11 is 0. The molecule has 1 saturated heterocycles. The number of benzene rings is 2. The van der Waals surface area contributed by atoms with Crippen LogP contribution in [0.25, 0.3) is 0 Å². The van der Waals surface area contributed by atoms with Crippen molar-refractivity contribution in [1.29, 1.82) is 0 Å². The van der Waals surface area contributed by atoms with Crippen LogP contribution in [-0.2, 0) is 20.7 Å². The van der Waals surface area contributed by atoms with E-state index in [4.69, 9.17) is 18.8 Å². The summed E-state index contributed by atoms with van der Waals surface area (Å²) in [6.07, 6.45) is 0. The van der Waals surface area contributed by atoms with E-state index in [1.807, 2.05) is 42.5 Å². The van der Waals surface area contributed by atoms with Crippen molar-refractivity contribution in [3.05, 3.63) is 54.1 Å². The second kappa shape index (κ2) is 8.56. The van der Waals surface area contributed by atoms with Gasteiger partial charge in [0.05, 0.1) is 31.5 Å². The van der Waals surface area contributed by atoms with Crippen LogP contribution in [0.4, 0.5) is 5.69 Å².